The van der Waals surface area contributed by atoms with Crippen LogP contribution in [0.5, 0.6) is 0 Å². The maximum Gasteiger partial charge on any atom is 0.307 e. The number of nitrogens with one attached hydrogen (secondary N) is 1. The molecule has 1 aliphatic carbocycles. The van der Waals surface area contributed by atoms with E-state index < -0.39 is 17.3 Å². The van der Waals surface area contributed by atoms with E-state index in [1.807, 2.05) is 13.8 Å². The number of aliphatic carboxylic acids is 1. The fourth-order valence-corrected chi connectivity index (χ4v) is 2.43. The van der Waals surface area contributed by atoms with Gasteiger partial charge in [-0.1, -0.05) is 12.1 Å². The van der Waals surface area contributed by atoms with E-state index in [9.17, 15) is 14.7 Å². The monoisotopic (exact) mass is 262 g/mol. The third-order valence-corrected chi connectivity index (χ3v) is 3.51. The van der Waals surface area contributed by atoms with Crippen LogP contribution < -0.4 is 11.1 Å². The van der Waals surface area contributed by atoms with Gasteiger partial charge in [0.1, 0.15) is 0 Å². The molecule has 1 fully saturated rings. The van der Waals surface area contributed by atoms with Crippen LogP contribution in [0.1, 0.15) is 25.8 Å². The molecule has 0 aliphatic heterocycles. The number of nitrogen functional groups attached to an aromatic ring is 1. The lowest BCUT2D eigenvalue weighted by Crippen LogP contribution is -2.40. The molecule has 0 spiro atoms. The molecule has 19 heavy (non-hydrogen) atoms. The molecule has 5 nitrogen and oxygen atoms in total. The van der Waals surface area contributed by atoms with Gasteiger partial charge in [0.15, 0.2) is 0 Å². The van der Waals surface area contributed by atoms with Crippen LogP contribution in [0.15, 0.2) is 24.3 Å². The molecule has 5 heteroatoms. The largest absolute Gasteiger partial charge is 0.481 e. The van der Waals surface area contributed by atoms with Crippen molar-refractivity contribution >= 4 is 17.6 Å². The van der Waals surface area contributed by atoms with Crippen molar-refractivity contribution in [2.45, 2.75) is 31.7 Å². The van der Waals surface area contributed by atoms with E-state index in [1.54, 1.807) is 24.3 Å². The summed E-state index contributed by atoms with van der Waals surface area (Å²) >= 11 is 0. The molecule has 0 aromatic heterocycles. The summed E-state index contributed by atoms with van der Waals surface area (Å²) in [5.74, 6) is -1.81. The number of carboxylic acid groups (broad SMARTS) is 1. The molecule has 0 saturated heterocycles. The Labute approximate surface area is 111 Å². The second kappa shape index (κ2) is 4.57. The second-order valence-corrected chi connectivity index (χ2v) is 5.32. The van der Waals surface area contributed by atoms with Gasteiger partial charge in [0, 0.05) is 11.7 Å². The number of carbonyl (C=O) groups is 2. The average Bonchev–Trinajstić information content (AvgIpc) is 3.05. The van der Waals surface area contributed by atoms with Gasteiger partial charge in [-0.15, -0.1) is 0 Å². The van der Waals surface area contributed by atoms with E-state index in [1.165, 1.54) is 0 Å². The maximum absolute atomic E-state index is 12.3. The van der Waals surface area contributed by atoms with E-state index in [0.29, 0.717) is 17.7 Å². The molecule has 0 bridgehead atoms. The van der Waals surface area contributed by atoms with E-state index >= 15 is 0 Å². The minimum Gasteiger partial charge on any atom is -0.481 e. The standard InChI is InChI=1S/C14H18N2O3/c1-8(2)16-13(19)14(7-11(14)12(17)18)9-3-5-10(15)6-4-9/h3-6,8,11H,7,15H2,1-2H3,(H,16,19)(H,17,18). The Morgan fingerprint density at radius 3 is 2.37 bits per heavy atom. The Kier molecular flexibility index (Phi) is 3.22. The number of carboxylic acids is 1. The SMILES string of the molecule is CC(C)NC(=O)C1(c2ccc(N)cc2)CC1C(=O)O. The lowest BCUT2D eigenvalue weighted by atomic mass is 9.91. The minimum atomic E-state index is -0.941. The Morgan fingerprint density at radius 1 is 1.37 bits per heavy atom. The number of carbonyl (C=O) groups excluding carboxylic acids is 1. The normalized spacial score (nSPS) is 25.1. The van der Waals surface area contributed by atoms with Crippen LogP contribution in [-0.2, 0) is 15.0 Å². The molecule has 0 radical (unpaired) electrons. The number of anilines is 1. The molecule has 0 heterocycles. The summed E-state index contributed by atoms with van der Waals surface area (Å²) in [4.78, 5) is 23.5. The number of hydrogen-bond acceptors (Lipinski definition) is 3. The molecular formula is C14H18N2O3. The molecule has 1 aliphatic rings. The van der Waals surface area contributed by atoms with Gasteiger partial charge >= 0.3 is 5.97 Å². The highest BCUT2D eigenvalue weighted by Crippen LogP contribution is 2.54. The van der Waals surface area contributed by atoms with Crippen molar-refractivity contribution in [2.75, 3.05) is 5.73 Å². The van der Waals surface area contributed by atoms with Crippen molar-refractivity contribution in [3.05, 3.63) is 29.8 Å². The third kappa shape index (κ3) is 2.28. The molecule has 1 saturated carbocycles. The minimum absolute atomic E-state index is 0.0202. The van der Waals surface area contributed by atoms with Crippen LogP contribution in [0.4, 0.5) is 5.69 Å². The highest BCUT2D eigenvalue weighted by atomic mass is 16.4. The highest BCUT2D eigenvalue weighted by Gasteiger charge is 2.64. The molecule has 1 aromatic rings. The Balaban J connectivity index is 2.35. The van der Waals surface area contributed by atoms with Crippen LogP contribution >= 0.6 is 0 Å². The van der Waals surface area contributed by atoms with Crippen molar-refractivity contribution in [3.63, 3.8) is 0 Å². The maximum atomic E-state index is 12.3. The van der Waals surface area contributed by atoms with Crippen LogP contribution in [0, 0.1) is 5.92 Å². The number of amides is 1. The first-order valence-electron chi connectivity index (χ1n) is 6.27. The van der Waals surface area contributed by atoms with Crippen molar-refractivity contribution in [2.24, 2.45) is 5.92 Å². The lowest BCUT2D eigenvalue weighted by Gasteiger charge is -2.19. The lowest BCUT2D eigenvalue weighted by molar-refractivity contribution is -0.140. The van der Waals surface area contributed by atoms with Crippen molar-refractivity contribution in [1.82, 2.24) is 5.32 Å². The first kappa shape index (κ1) is 13.4. The molecule has 1 amide bonds. The van der Waals surface area contributed by atoms with Crippen molar-refractivity contribution < 1.29 is 14.7 Å². The summed E-state index contributed by atoms with van der Waals surface area (Å²) < 4.78 is 0. The van der Waals surface area contributed by atoms with Crippen LogP contribution in [0.2, 0.25) is 0 Å². The first-order chi connectivity index (χ1) is 8.87. The van der Waals surface area contributed by atoms with Gasteiger partial charge in [-0.2, -0.15) is 0 Å². The zero-order valence-electron chi connectivity index (χ0n) is 11.0. The smallest absolute Gasteiger partial charge is 0.307 e. The summed E-state index contributed by atoms with van der Waals surface area (Å²) in [6.07, 6.45) is 0.338. The van der Waals surface area contributed by atoms with Gasteiger partial charge < -0.3 is 16.2 Å². The molecule has 2 atom stereocenters. The molecule has 1 aromatic carbocycles. The van der Waals surface area contributed by atoms with Gasteiger partial charge in [0.2, 0.25) is 5.91 Å². The summed E-state index contributed by atoms with van der Waals surface area (Å²) in [7, 11) is 0. The Hall–Kier alpha value is -2.04. The Morgan fingerprint density at radius 2 is 1.95 bits per heavy atom. The number of benzene rings is 1. The van der Waals surface area contributed by atoms with E-state index in [4.69, 9.17) is 5.73 Å². The van der Waals surface area contributed by atoms with E-state index in [-0.39, 0.29) is 11.9 Å². The van der Waals surface area contributed by atoms with Crippen LogP contribution in [-0.4, -0.2) is 23.0 Å². The van der Waals surface area contributed by atoms with Gasteiger partial charge in [-0.05, 0) is 38.0 Å². The zero-order chi connectivity index (χ0) is 14.2. The fraction of sp³-hybridized carbons (Fsp3) is 0.429. The predicted molar refractivity (Wildman–Crippen MR) is 71.6 cm³/mol. The van der Waals surface area contributed by atoms with Crippen LogP contribution in [0.25, 0.3) is 0 Å². The average molecular weight is 262 g/mol. The predicted octanol–water partition coefficient (Wildman–Crippen LogP) is 1.14. The zero-order valence-corrected chi connectivity index (χ0v) is 11.0. The first-order valence-corrected chi connectivity index (χ1v) is 6.27. The number of hydrogen-bond donors (Lipinski definition) is 3. The van der Waals surface area contributed by atoms with Crippen LogP contribution in [0.3, 0.4) is 0 Å². The quantitative estimate of drug-likeness (QED) is 0.709. The van der Waals surface area contributed by atoms with Crippen molar-refractivity contribution in [3.8, 4) is 0 Å². The van der Waals surface area contributed by atoms with Gasteiger partial charge in [0.05, 0.1) is 11.3 Å². The fourth-order valence-electron chi connectivity index (χ4n) is 2.43. The summed E-state index contributed by atoms with van der Waals surface area (Å²) in [6, 6.07) is 6.83. The van der Waals surface area contributed by atoms with Gasteiger partial charge in [-0.25, -0.2) is 0 Å². The molecular weight excluding hydrogens is 244 g/mol. The molecule has 2 unspecified atom stereocenters. The molecule has 4 N–H and O–H groups in total. The number of nitrogens with two attached hydrogens (primary N) is 1. The number of rotatable bonds is 4. The molecule has 102 valence electrons. The summed E-state index contributed by atoms with van der Waals surface area (Å²) in [5.41, 5.74) is 5.99. The second-order valence-electron chi connectivity index (χ2n) is 5.32. The van der Waals surface area contributed by atoms with Crippen molar-refractivity contribution in [1.29, 1.82) is 0 Å². The Bertz CT molecular complexity index is 510. The summed E-state index contributed by atoms with van der Waals surface area (Å²) in [6.45, 7) is 3.71. The van der Waals surface area contributed by atoms with E-state index in [2.05, 4.69) is 5.32 Å². The molecule has 2 rings (SSSR count). The van der Waals surface area contributed by atoms with E-state index in [0.717, 1.165) is 0 Å². The topological polar surface area (TPSA) is 92.4 Å². The van der Waals surface area contributed by atoms with Gasteiger partial charge in [-0.3, -0.25) is 9.59 Å². The highest BCUT2D eigenvalue weighted by molar-refractivity contribution is 5.99. The van der Waals surface area contributed by atoms with Gasteiger partial charge in [0.25, 0.3) is 0 Å². The third-order valence-electron chi connectivity index (χ3n) is 3.51. The summed E-state index contributed by atoms with van der Waals surface area (Å²) in [5, 5.41) is 12.0.